The number of carbonyl (C=O) groups is 1. The molecule has 1 N–H and O–H groups in total. The molecule has 7 nitrogen and oxygen atoms in total. The summed E-state index contributed by atoms with van der Waals surface area (Å²) in [6, 6.07) is 16.5. The molecule has 1 saturated carbocycles. The Morgan fingerprint density at radius 1 is 1.03 bits per heavy atom. The van der Waals surface area contributed by atoms with E-state index in [1.807, 2.05) is 37.3 Å². The predicted molar refractivity (Wildman–Crippen MR) is 148 cm³/mol. The van der Waals surface area contributed by atoms with E-state index in [0.717, 1.165) is 73.3 Å². The number of amides is 1. The average Bonchev–Trinajstić information content (AvgIpc) is 3.28. The highest BCUT2D eigenvalue weighted by molar-refractivity contribution is 6.06. The van der Waals surface area contributed by atoms with Crippen molar-refractivity contribution in [3.05, 3.63) is 77.2 Å². The van der Waals surface area contributed by atoms with Crippen molar-refractivity contribution in [2.24, 2.45) is 5.92 Å². The van der Waals surface area contributed by atoms with Crippen LogP contribution in [0.3, 0.4) is 0 Å². The fraction of sp³-hybridized carbons (Fsp3) is 0.419. The van der Waals surface area contributed by atoms with E-state index in [1.54, 1.807) is 6.20 Å². The van der Waals surface area contributed by atoms with Gasteiger partial charge in [0.25, 0.3) is 11.8 Å². The van der Waals surface area contributed by atoms with E-state index in [2.05, 4.69) is 43.5 Å². The van der Waals surface area contributed by atoms with Gasteiger partial charge in [0.15, 0.2) is 5.82 Å². The second-order valence-electron chi connectivity index (χ2n) is 10.8. The van der Waals surface area contributed by atoms with Crippen LogP contribution in [0.4, 0.5) is 0 Å². The highest BCUT2D eigenvalue weighted by atomic mass is 16.5. The summed E-state index contributed by atoms with van der Waals surface area (Å²) < 4.78 is 5.37. The summed E-state index contributed by atoms with van der Waals surface area (Å²) in [7, 11) is 0. The van der Waals surface area contributed by atoms with Gasteiger partial charge < -0.3 is 14.7 Å². The van der Waals surface area contributed by atoms with Gasteiger partial charge in [-0.15, -0.1) is 0 Å². The number of nitrogens with one attached hydrogen (secondary N) is 1. The van der Waals surface area contributed by atoms with Crippen molar-refractivity contribution in [2.75, 3.05) is 19.6 Å². The molecule has 1 amide bonds. The molecule has 7 heteroatoms. The molecule has 4 aromatic rings. The first-order chi connectivity index (χ1) is 18.6. The van der Waals surface area contributed by atoms with Gasteiger partial charge in [-0.2, -0.15) is 4.98 Å². The summed E-state index contributed by atoms with van der Waals surface area (Å²) in [5.74, 6) is 2.03. The summed E-state index contributed by atoms with van der Waals surface area (Å²) in [6.45, 7) is 5.19. The maximum absolute atomic E-state index is 13.0. The molecule has 1 aliphatic heterocycles. The largest absolute Gasteiger partial charge is 0.349 e. The maximum atomic E-state index is 13.0. The van der Waals surface area contributed by atoms with Crippen LogP contribution in [0.5, 0.6) is 0 Å². The summed E-state index contributed by atoms with van der Waals surface area (Å²) in [4.78, 5) is 24.4. The minimum Gasteiger partial charge on any atom is -0.349 e. The molecule has 1 fully saturated rings. The Balaban J connectivity index is 0.972. The lowest BCUT2D eigenvalue weighted by atomic mass is 9.84. The minimum absolute atomic E-state index is 0.0218. The normalized spacial score (nSPS) is 20.1. The third-order valence-electron chi connectivity index (χ3n) is 8.30. The zero-order chi connectivity index (χ0) is 25.9. The number of aryl methyl sites for hydroxylation is 1. The number of hydrogen-bond donors (Lipinski definition) is 1. The molecule has 0 atom stereocenters. The van der Waals surface area contributed by atoms with Gasteiger partial charge in [0.05, 0.1) is 5.52 Å². The number of hydrogen-bond acceptors (Lipinski definition) is 6. The number of benzene rings is 2. The molecule has 2 aromatic heterocycles. The van der Waals surface area contributed by atoms with Gasteiger partial charge in [0.2, 0.25) is 0 Å². The summed E-state index contributed by atoms with van der Waals surface area (Å²) >= 11 is 0. The molecule has 0 radical (unpaired) electrons. The van der Waals surface area contributed by atoms with Crippen LogP contribution in [0.25, 0.3) is 22.4 Å². The first kappa shape index (κ1) is 24.7. The molecule has 0 bridgehead atoms. The summed E-state index contributed by atoms with van der Waals surface area (Å²) in [5, 5.41) is 8.15. The Morgan fingerprint density at radius 2 is 1.87 bits per heavy atom. The SMILES string of the molecule is Cc1noc(-c2ccc3c(c2)CCN(CCC2CCC(NC(=O)c4cccc5ncccc45)CC2)CC3)n1. The minimum atomic E-state index is 0.0218. The third kappa shape index (κ3) is 5.48. The molecule has 0 unspecified atom stereocenters. The van der Waals surface area contributed by atoms with Gasteiger partial charge in [-0.05, 0) is 106 Å². The van der Waals surface area contributed by atoms with Gasteiger partial charge in [-0.1, -0.05) is 23.4 Å². The molecule has 38 heavy (non-hydrogen) atoms. The van der Waals surface area contributed by atoms with Crippen LogP contribution in [0.2, 0.25) is 0 Å². The first-order valence-electron chi connectivity index (χ1n) is 13.9. The number of carbonyl (C=O) groups excluding carboxylic acids is 1. The molecular weight excluding hydrogens is 474 g/mol. The Hall–Kier alpha value is -3.58. The fourth-order valence-electron chi connectivity index (χ4n) is 6.07. The van der Waals surface area contributed by atoms with Crippen molar-refractivity contribution in [2.45, 2.75) is 57.9 Å². The quantitative estimate of drug-likeness (QED) is 0.376. The fourth-order valence-corrected chi connectivity index (χ4v) is 6.07. The van der Waals surface area contributed by atoms with E-state index in [9.17, 15) is 4.79 Å². The van der Waals surface area contributed by atoms with Crippen LogP contribution >= 0.6 is 0 Å². The summed E-state index contributed by atoms with van der Waals surface area (Å²) in [6.07, 6.45) is 9.63. The average molecular weight is 510 g/mol. The maximum Gasteiger partial charge on any atom is 0.257 e. The Kier molecular flexibility index (Phi) is 7.18. The predicted octanol–water partition coefficient (Wildman–Crippen LogP) is 5.37. The van der Waals surface area contributed by atoms with Gasteiger partial charge in [-0.3, -0.25) is 9.78 Å². The van der Waals surface area contributed by atoms with Crippen LogP contribution in [0, 0.1) is 12.8 Å². The first-order valence-corrected chi connectivity index (χ1v) is 13.9. The molecule has 2 aromatic carbocycles. The standard InChI is InChI=1S/C31H35N5O2/c1-21-33-31(38-35-21)25-10-9-23-14-18-36(19-15-24(23)20-25)17-13-22-7-11-26(12-8-22)34-30(37)28-4-2-6-29-27(28)5-3-16-32-29/h2-6,9-10,16,20,22,26H,7-8,11-15,17-19H2,1H3,(H,34,37). The topological polar surface area (TPSA) is 84.2 Å². The molecule has 1 aliphatic carbocycles. The van der Waals surface area contributed by atoms with E-state index in [1.165, 1.54) is 30.4 Å². The van der Waals surface area contributed by atoms with Crippen molar-refractivity contribution in [3.8, 4) is 11.5 Å². The lowest BCUT2D eigenvalue weighted by Crippen LogP contribution is -2.38. The van der Waals surface area contributed by atoms with Gasteiger partial charge in [0.1, 0.15) is 0 Å². The molecule has 0 spiro atoms. The summed E-state index contributed by atoms with van der Waals surface area (Å²) in [5.41, 5.74) is 5.44. The highest BCUT2D eigenvalue weighted by Crippen LogP contribution is 2.29. The molecule has 2 aliphatic rings. The smallest absolute Gasteiger partial charge is 0.257 e. The lowest BCUT2D eigenvalue weighted by molar-refractivity contribution is 0.0921. The molecular formula is C31H35N5O2. The molecule has 0 saturated heterocycles. The van der Waals surface area contributed by atoms with Crippen LogP contribution in [-0.2, 0) is 12.8 Å². The number of pyridine rings is 1. The second-order valence-corrected chi connectivity index (χ2v) is 10.8. The Morgan fingerprint density at radius 3 is 2.68 bits per heavy atom. The van der Waals surface area contributed by atoms with Crippen molar-refractivity contribution in [1.82, 2.24) is 25.3 Å². The molecule has 6 rings (SSSR count). The zero-order valence-corrected chi connectivity index (χ0v) is 22.0. The van der Waals surface area contributed by atoms with Gasteiger partial charge in [0, 0.05) is 41.8 Å². The van der Waals surface area contributed by atoms with Gasteiger partial charge >= 0.3 is 0 Å². The van der Waals surface area contributed by atoms with Crippen molar-refractivity contribution >= 4 is 16.8 Å². The van der Waals surface area contributed by atoms with Crippen molar-refractivity contribution < 1.29 is 9.32 Å². The van der Waals surface area contributed by atoms with Crippen LogP contribution < -0.4 is 5.32 Å². The molecule has 3 heterocycles. The number of aromatic nitrogens is 3. The van der Waals surface area contributed by atoms with E-state index < -0.39 is 0 Å². The van der Waals surface area contributed by atoms with Crippen molar-refractivity contribution in [3.63, 3.8) is 0 Å². The third-order valence-corrected chi connectivity index (χ3v) is 8.30. The van der Waals surface area contributed by atoms with E-state index >= 15 is 0 Å². The monoisotopic (exact) mass is 509 g/mol. The second kappa shape index (κ2) is 11.0. The number of fused-ring (bicyclic) bond motifs is 2. The van der Waals surface area contributed by atoms with E-state index in [4.69, 9.17) is 4.52 Å². The van der Waals surface area contributed by atoms with E-state index in [0.29, 0.717) is 11.7 Å². The number of rotatable bonds is 6. The lowest BCUT2D eigenvalue weighted by Gasteiger charge is -2.31. The number of nitrogens with zero attached hydrogens (tertiary/aromatic N) is 4. The zero-order valence-electron chi connectivity index (χ0n) is 22.0. The molecule has 196 valence electrons. The Bertz CT molecular complexity index is 1420. The Labute approximate surface area is 223 Å². The highest BCUT2D eigenvalue weighted by Gasteiger charge is 2.24. The van der Waals surface area contributed by atoms with Crippen molar-refractivity contribution in [1.29, 1.82) is 0 Å². The van der Waals surface area contributed by atoms with Crippen LogP contribution in [0.1, 0.15) is 59.4 Å². The van der Waals surface area contributed by atoms with Crippen LogP contribution in [0.15, 0.2) is 59.3 Å². The van der Waals surface area contributed by atoms with Crippen LogP contribution in [-0.4, -0.2) is 51.6 Å². The van der Waals surface area contributed by atoms with Gasteiger partial charge in [-0.25, -0.2) is 0 Å². The van der Waals surface area contributed by atoms with E-state index in [-0.39, 0.29) is 11.9 Å².